The molecule has 0 unspecified atom stereocenters. The molecule has 1 fully saturated rings. The van der Waals surface area contributed by atoms with Gasteiger partial charge in [-0.15, -0.1) is 11.3 Å². The fourth-order valence-electron chi connectivity index (χ4n) is 3.51. The lowest BCUT2D eigenvalue weighted by Crippen LogP contribution is -2.33. The number of likely N-dealkylation sites (tertiary alicyclic amines) is 1. The van der Waals surface area contributed by atoms with Gasteiger partial charge in [-0.1, -0.05) is 30.3 Å². The standard InChI is InChI=1S/C20H24N4OS/c1-15-17-13-18(19(25)21-9-12-23-10-5-6-11-23)26-20(17)24(22-15)14-16-7-3-2-4-8-16/h2-4,7-8,13H,5-6,9-12,14H2,1H3,(H,21,25). The fraction of sp³-hybridized carbons (Fsp3) is 0.400. The summed E-state index contributed by atoms with van der Waals surface area (Å²) in [6.07, 6.45) is 2.56. The number of rotatable bonds is 6. The van der Waals surface area contributed by atoms with Crippen LogP contribution >= 0.6 is 11.3 Å². The molecule has 26 heavy (non-hydrogen) atoms. The molecule has 3 aromatic rings. The summed E-state index contributed by atoms with van der Waals surface area (Å²) in [5, 5.41) is 8.79. The molecule has 6 heteroatoms. The van der Waals surface area contributed by atoms with Gasteiger partial charge in [0.15, 0.2) is 0 Å². The lowest BCUT2D eigenvalue weighted by atomic mass is 10.2. The van der Waals surface area contributed by atoms with E-state index >= 15 is 0 Å². The van der Waals surface area contributed by atoms with Crippen LogP contribution in [0.2, 0.25) is 0 Å². The van der Waals surface area contributed by atoms with Crippen molar-refractivity contribution in [2.75, 3.05) is 26.2 Å². The Hall–Kier alpha value is -2.18. The van der Waals surface area contributed by atoms with Gasteiger partial charge in [-0.05, 0) is 44.5 Å². The summed E-state index contributed by atoms with van der Waals surface area (Å²) in [4.78, 5) is 16.8. The maximum Gasteiger partial charge on any atom is 0.261 e. The SMILES string of the molecule is Cc1nn(Cc2ccccc2)c2sc(C(=O)NCCN3CCCC3)cc12. The Morgan fingerprint density at radius 3 is 2.77 bits per heavy atom. The van der Waals surface area contributed by atoms with E-state index in [1.807, 2.05) is 35.9 Å². The van der Waals surface area contributed by atoms with Gasteiger partial charge in [0.1, 0.15) is 4.83 Å². The first-order valence-electron chi connectivity index (χ1n) is 9.22. The van der Waals surface area contributed by atoms with E-state index in [4.69, 9.17) is 0 Å². The molecule has 5 nitrogen and oxygen atoms in total. The third-order valence-corrected chi connectivity index (χ3v) is 6.07. The second-order valence-corrected chi connectivity index (χ2v) is 7.89. The van der Waals surface area contributed by atoms with Crippen molar-refractivity contribution >= 4 is 27.5 Å². The van der Waals surface area contributed by atoms with E-state index < -0.39 is 0 Å². The molecule has 4 rings (SSSR count). The molecule has 0 saturated carbocycles. The van der Waals surface area contributed by atoms with Crippen molar-refractivity contribution < 1.29 is 4.79 Å². The zero-order valence-electron chi connectivity index (χ0n) is 15.1. The molecule has 1 aromatic carbocycles. The van der Waals surface area contributed by atoms with E-state index in [9.17, 15) is 4.79 Å². The zero-order valence-corrected chi connectivity index (χ0v) is 15.9. The number of aryl methyl sites for hydroxylation is 1. The van der Waals surface area contributed by atoms with Crippen LogP contribution in [-0.4, -0.2) is 46.8 Å². The number of nitrogens with zero attached hydrogens (tertiary/aromatic N) is 3. The third kappa shape index (κ3) is 3.66. The van der Waals surface area contributed by atoms with Crippen LogP contribution in [-0.2, 0) is 6.54 Å². The summed E-state index contributed by atoms with van der Waals surface area (Å²) in [7, 11) is 0. The topological polar surface area (TPSA) is 50.2 Å². The number of thiophene rings is 1. The summed E-state index contributed by atoms with van der Waals surface area (Å²) in [6.45, 7) is 6.70. The van der Waals surface area contributed by atoms with Gasteiger partial charge in [-0.25, -0.2) is 0 Å². The highest BCUT2D eigenvalue weighted by atomic mass is 32.1. The molecule has 2 aromatic heterocycles. The molecule has 136 valence electrons. The van der Waals surface area contributed by atoms with Gasteiger partial charge < -0.3 is 10.2 Å². The van der Waals surface area contributed by atoms with Crippen molar-refractivity contribution in [1.82, 2.24) is 20.0 Å². The van der Waals surface area contributed by atoms with E-state index in [0.29, 0.717) is 6.54 Å². The number of carbonyl (C=O) groups excluding carboxylic acids is 1. The molecule has 1 aliphatic rings. The first-order chi connectivity index (χ1) is 12.7. The van der Waals surface area contributed by atoms with Crippen LogP contribution in [0.3, 0.4) is 0 Å². The summed E-state index contributed by atoms with van der Waals surface area (Å²) >= 11 is 1.53. The van der Waals surface area contributed by atoms with Gasteiger partial charge >= 0.3 is 0 Å². The van der Waals surface area contributed by atoms with E-state index in [1.54, 1.807) is 0 Å². The Balaban J connectivity index is 1.46. The number of nitrogens with one attached hydrogen (secondary N) is 1. The van der Waals surface area contributed by atoms with E-state index in [1.165, 1.54) is 29.7 Å². The average Bonchev–Trinajstić information content (AvgIpc) is 3.36. The largest absolute Gasteiger partial charge is 0.350 e. The van der Waals surface area contributed by atoms with Crippen molar-refractivity contribution in [3.05, 3.63) is 52.5 Å². The van der Waals surface area contributed by atoms with Crippen molar-refractivity contribution in [2.45, 2.75) is 26.3 Å². The monoisotopic (exact) mass is 368 g/mol. The summed E-state index contributed by atoms with van der Waals surface area (Å²) in [6, 6.07) is 12.3. The molecule has 1 aliphatic heterocycles. The summed E-state index contributed by atoms with van der Waals surface area (Å²) in [5.41, 5.74) is 2.19. The molecule has 1 saturated heterocycles. The molecule has 3 heterocycles. The zero-order chi connectivity index (χ0) is 17.9. The summed E-state index contributed by atoms with van der Waals surface area (Å²) < 4.78 is 2.01. The van der Waals surface area contributed by atoms with E-state index in [2.05, 4.69) is 27.4 Å². The molecular weight excluding hydrogens is 344 g/mol. The Morgan fingerprint density at radius 1 is 1.23 bits per heavy atom. The van der Waals surface area contributed by atoms with Crippen LogP contribution in [0.1, 0.15) is 33.8 Å². The second kappa shape index (κ2) is 7.60. The minimum absolute atomic E-state index is 0.0241. The first-order valence-corrected chi connectivity index (χ1v) is 10.0. The molecule has 0 aliphatic carbocycles. The van der Waals surface area contributed by atoms with E-state index in [0.717, 1.165) is 47.0 Å². The van der Waals surface area contributed by atoms with Gasteiger partial charge in [-0.3, -0.25) is 9.48 Å². The van der Waals surface area contributed by atoms with Crippen LogP contribution in [0, 0.1) is 6.92 Å². The predicted octanol–water partition coefficient (Wildman–Crippen LogP) is 3.28. The van der Waals surface area contributed by atoms with Gasteiger partial charge in [0.25, 0.3) is 5.91 Å². The number of fused-ring (bicyclic) bond motifs is 1. The molecule has 0 radical (unpaired) electrons. The number of carbonyl (C=O) groups is 1. The van der Waals surface area contributed by atoms with Crippen molar-refractivity contribution in [2.24, 2.45) is 0 Å². The minimum atomic E-state index is 0.0241. The molecule has 0 spiro atoms. The first kappa shape index (κ1) is 17.2. The fourth-order valence-corrected chi connectivity index (χ4v) is 4.59. The Labute approximate surface area is 157 Å². The Kier molecular flexibility index (Phi) is 5.04. The summed E-state index contributed by atoms with van der Waals surface area (Å²) in [5.74, 6) is 0.0241. The minimum Gasteiger partial charge on any atom is -0.350 e. The van der Waals surface area contributed by atoms with Gasteiger partial charge in [0.05, 0.1) is 17.1 Å². The quantitative estimate of drug-likeness (QED) is 0.726. The van der Waals surface area contributed by atoms with Gasteiger partial charge in [-0.2, -0.15) is 5.10 Å². The lowest BCUT2D eigenvalue weighted by molar-refractivity contribution is 0.0954. The third-order valence-electron chi connectivity index (χ3n) is 4.92. The maximum atomic E-state index is 12.5. The molecule has 1 amide bonds. The van der Waals surface area contributed by atoms with Crippen LogP contribution in [0.4, 0.5) is 0 Å². The number of hydrogen-bond donors (Lipinski definition) is 1. The van der Waals surface area contributed by atoms with Crippen LogP contribution in [0.25, 0.3) is 10.2 Å². The Bertz CT molecular complexity index is 893. The molecule has 0 atom stereocenters. The number of benzene rings is 1. The highest BCUT2D eigenvalue weighted by Gasteiger charge is 2.17. The van der Waals surface area contributed by atoms with Crippen LogP contribution < -0.4 is 5.32 Å². The molecule has 1 N–H and O–H groups in total. The smallest absolute Gasteiger partial charge is 0.261 e. The maximum absolute atomic E-state index is 12.5. The second-order valence-electron chi connectivity index (χ2n) is 6.86. The van der Waals surface area contributed by atoms with Crippen molar-refractivity contribution in [3.8, 4) is 0 Å². The number of aromatic nitrogens is 2. The molecule has 0 bridgehead atoms. The lowest BCUT2D eigenvalue weighted by Gasteiger charge is -2.14. The predicted molar refractivity (Wildman–Crippen MR) is 106 cm³/mol. The highest BCUT2D eigenvalue weighted by Crippen LogP contribution is 2.28. The van der Waals surface area contributed by atoms with Gasteiger partial charge in [0.2, 0.25) is 0 Å². The van der Waals surface area contributed by atoms with Crippen LogP contribution in [0.15, 0.2) is 36.4 Å². The average molecular weight is 369 g/mol. The number of hydrogen-bond acceptors (Lipinski definition) is 4. The normalized spacial score (nSPS) is 15.0. The van der Waals surface area contributed by atoms with Crippen molar-refractivity contribution in [3.63, 3.8) is 0 Å². The van der Waals surface area contributed by atoms with Crippen molar-refractivity contribution in [1.29, 1.82) is 0 Å². The van der Waals surface area contributed by atoms with Crippen LogP contribution in [0.5, 0.6) is 0 Å². The highest BCUT2D eigenvalue weighted by molar-refractivity contribution is 7.20. The molecular formula is C20H24N4OS. The van der Waals surface area contributed by atoms with Gasteiger partial charge in [0, 0.05) is 18.5 Å². The number of amides is 1. The van der Waals surface area contributed by atoms with E-state index in [-0.39, 0.29) is 5.91 Å². The Morgan fingerprint density at radius 2 is 2.00 bits per heavy atom.